The average Bonchev–Trinajstić information content (AvgIpc) is 2.58. The van der Waals surface area contributed by atoms with Crippen LogP contribution in [0.4, 0.5) is 5.69 Å². The quantitative estimate of drug-likeness (QED) is 0.536. The van der Waals surface area contributed by atoms with Crippen LogP contribution in [0.5, 0.6) is 5.75 Å². The van der Waals surface area contributed by atoms with Gasteiger partial charge in [-0.1, -0.05) is 39.7 Å². The molecule has 2 rings (SSSR count). The first-order chi connectivity index (χ1) is 12.4. The number of nitrogens with two attached hydrogens (primary N) is 1. The molecule has 0 saturated carbocycles. The molecule has 0 aromatic heterocycles. The number of benzene rings is 2. The summed E-state index contributed by atoms with van der Waals surface area (Å²) < 4.78 is 5.95. The number of ether oxygens (including phenoxy) is 1. The Morgan fingerprint density at radius 2 is 2.08 bits per heavy atom. The van der Waals surface area contributed by atoms with E-state index in [0.717, 1.165) is 4.47 Å². The molecule has 0 saturated heterocycles. The zero-order chi connectivity index (χ0) is 19.1. The topological polar surface area (TPSA) is 105 Å². The fraction of sp³-hybridized carbons (Fsp3) is 0.0556. The maximum Gasteiger partial charge on any atom is 0.266 e. The van der Waals surface area contributed by atoms with Crippen molar-refractivity contribution in [2.45, 2.75) is 0 Å². The van der Waals surface area contributed by atoms with Crippen LogP contribution in [0.25, 0.3) is 6.08 Å². The van der Waals surface area contributed by atoms with Crippen LogP contribution in [-0.4, -0.2) is 18.4 Å². The van der Waals surface area contributed by atoms with Gasteiger partial charge in [0, 0.05) is 10.2 Å². The van der Waals surface area contributed by atoms with Gasteiger partial charge in [-0.05, 0) is 42.0 Å². The van der Waals surface area contributed by atoms with Gasteiger partial charge >= 0.3 is 0 Å². The Balaban J connectivity index is 2.17. The Kier molecular flexibility index (Phi) is 6.78. The van der Waals surface area contributed by atoms with Gasteiger partial charge in [0.25, 0.3) is 11.8 Å². The van der Waals surface area contributed by atoms with Crippen molar-refractivity contribution >= 4 is 51.1 Å². The fourth-order valence-electron chi connectivity index (χ4n) is 1.95. The smallest absolute Gasteiger partial charge is 0.266 e. The fourth-order valence-corrected chi connectivity index (χ4v) is 2.60. The number of nitriles is 1. The Bertz CT molecular complexity index is 922. The largest absolute Gasteiger partial charge is 0.482 e. The van der Waals surface area contributed by atoms with E-state index >= 15 is 0 Å². The molecule has 8 heteroatoms. The summed E-state index contributed by atoms with van der Waals surface area (Å²) in [5.74, 6) is -0.892. The molecule has 3 N–H and O–H groups in total. The molecule has 0 heterocycles. The van der Waals surface area contributed by atoms with Crippen molar-refractivity contribution in [3.8, 4) is 11.8 Å². The van der Waals surface area contributed by atoms with E-state index in [-0.39, 0.29) is 23.0 Å². The molecular weight excluding hydrogens is 422 g/mol. The van der Waals surface area contributed by atoms with Crippen molar-refractivity contribution < 1.29 is 14.3 Å². The molecule has 0 radical (unpaired) electrons. The standard InChI is InChI=1S/C18H13BrClN3O3/c19-13-2-1-3-14(8-13)23-18(25)12(9-21)6-11-4-5-16(15(20)7-11)26-10-17(22)24/h1-8H,10H2,(H2,22,24)(H,23,25). The van der Waals surface area contributed by atoms with Crippen molar-refractivity contribution in [2.75, 3.05) is 11.9 Å². The van der Waals surface area contributed by atoms with Gasteiger partial charge in [0.05, 0.1) is 5.02 Å². The third kappa shape index (κ3) is 5.62. The van der Waals surface area contributed by atoms with Gasteiger partial charge in [-0.25, -0.2) is 0 Å². The number of rotatable bonds is 6. The van der Waals surface area contributed by atoms with Gasteiger partial charge in [0.2, 0.25) is 0 Å². The third-order valence-corrected chi connectivity index (χ3v) is 3.87. The summed E-state index contributed by atoms with van der Waals surface area (Å²) in [6.07, 6.45) is 1.40. The lowest BCUT2D eigenvalue weighted by Gasteiger charge is -2.07. The van der Waals surface area contributed by atoms with Crippen LogP contribution in [0.15, 0.2) is 52.5 Å². The summed E-state index contributed by atoms with van der Waals surface area (Å²) in [6.45, 7) is -0.298. The van der Waals surface area contributed by atoms with E-state index in [1.165, 1.54) is 18.2 Å². The Labute approximate surface area is 163 Å². The van der Waals surface area contributed by atoms with E-state index in [0.29, 0.717) is 11.3 Å². The second kappa shape index (κ2) is 9.04. The zero-order valence-corrected chi connectivity index (χ0v) is 15.7. The number of carbonyl (C=O) groups is 2. The number of nitrogens with zero attached hydrogens (tertiary/aromatic N) is 1. The first-order valence-corrected chi connectivity index (χ1v) is 8.45. The molecule has 0 aliphatic rings. The van der Waals surface area contributed by atoms with Gasteiger partial charge in [-0.15, -0.1) is 0 Å². The maximum atomic E-state index is 12.3. The highest BCUT2D eigenvalue weighted by atomic mass is 79.9. The van der Waals surface area contributed by atoms with Crippen molar-refractivity contribution in [3.05, 3.63) is 63.1 Å². The van der Waals surface area contributed by atoms with E-state index in [2.05, 4.69) is 21.2 Å². The zero-order valence-electron chi connectivity index (χ0n) is 13.3. The summed E-state index contributed by atoms with van der Waals surface area (Å²) in [5.41, 5.74) is 6.00. The Morgan fingerprint density at radius 1 is 1.31 bits per heavy atom. The van der Waals surface area contributed by atoms with Crippen molar-refractivity contribution in [3.63, 3.8) is 0 Å². The number of halogens is 2. The van der Waals surface area contributed by atoms with Gasteiger partial charge in [0.15, 0.2) is 6.61 Å². The summed E-state index contributed by atoms with van der Waals surface area (Å²) in [4.78, 5) is 23.0. The number of carbonyl (C=O) groups excluding carboxylic acids is 2. The number of hydrogen-bond donors (Lipinski definition) is 2. The highest BCUT2D eigenvalue weighted by Crippen LogP contribution is 2.26. The summed E-state index contributed by atoms with van der Waals surface area (Å²) in [7, 11) is 0. The van der Waals surface area contributed by atoms with Crippen LogP contribution >= 0.6 is 27.5 Å². The number of amides is 2. The normalized spacial score (nSPS) is 10.7. The number of nitrogens with one attached hydrogen (secondary N) is 1. The molecule has 0 aliphatic heterocycles. The first kappa shape index (κ1) is 19.5. The molecule has 2 aromatic carbocycles. The Morgan fingerprint density at radius 3 is 2.69 bits per heavy atom. The molecule has 2 amide bonds. The minimum absolute atomic E-state index is 0.0909. The third-order valence-electron chi connectivity index (χ3n) is 3.08. The SMILES string of the molecule is N#CC(=Cc1ccc(OCC(N)=O)c(Cl)c1)C(=O)Nc1cccc(Br)c1. The summed E-state index contributed by atoms with van der Waals surface area (Å²) in [5, 5.41) is 12.1. The van der Waals surface area contributed by atoms with Gasteiger partial charge in [-0.3, -0.25) is 9.59 Å². The molecule has 2 aromatic rings. The van der Waals surface area contributed by atoms with Crippen LogP contribution in [0.3, 0.4) is 0 Å². The van der Waals surface area contributed by atoms with E-state index in [9.17, 15) is 14.9 Å². The lowest BCUT2D eigenvalue weighted by atomic mass is 10.1. The second-order valence-electron chi connectivity index (χ2n) is 5.08. The highest BCUT2D eigenvalue weighted by Gasteiger charge is 2.11. The molecule has 6 nitrogen and oxygen atoms in total. The predicted molar refractivity (Wildman–Crippen MR) is 103 cm³/mol. The van der Waals surface area contributed by atoms with Crippen LogP contribution in [0.1, 0.15) is 5.56 Å². The van der Waals surface area contributed by atoms with Gasteiger partial charge < -0.3 is 15.8 Å². The van der Waals surface area contributed by atoms with Crippen LogP contribution in [0.2, 0.25) is 5.02 Å². The molecule has 0 atom stereocenters. The van der Waals surface area contributed by atoms with Crippen LogP contribution < -0.4 is 15.8 Å². The maximum absolute atomic E-state index is 12.3. The van der Waals surface area contributed by atoms with Gasteiger partial charge in [-0.2, -0.15) is 5.26 Å². The van der Waals surface area contributed by atoms with E-state index in [1.807, 2.05) is 12.1 Å². The highest BCUT2D eigenvalue weighted by molar-refractivity contribution is 9.10. The molecule has 0 bridgehead atoms. The molecule has 0 unspecified atom stereocenters. The lowest BCUT2D eigenvalue weighted by molar-refractivity contribution is -0.120. The van der Waals surface area contributed by atoms with E-state index in [1.54, 1.807) is 24.3 Å². The number of hydrogen-bond acceptors (Lipinski definition) is 4. The van der Waals surface area contributed by atoms with Crippen molar-refractivity contribution in [1.82, 2.24) is 0 Å². The molecule has 0 fully saturated rings. The van der Waals surface area contributed by atoms with Crippen molar-refractivity contribution in [1.29, 1.82) is 5.26 Å². The molecule has 0 spiro atoms. The van der Waals surface area contributed by atoms with Crippen LogP contribution in [-0.2, 0) is 9.59 Å². The second-order valence-corrected chi connectivity index (χ2v) is 6.40. The predicted octanol–water partition coefficient (Wildman–Crippen LogP) is 3.51. The lowest BCUT2D eigenvalue weighted by Crippen LogP contribution is -2.20. The number of anilines is 1. The monoisotopic (exact) mass is 433 g/mol. The molecule has 132 valence electrons. The van der Waals surface area contributed by atoms with Gasteiger partial charge in [0.1, 0.15) is 17.4 Å². The Hall–Kier alpha value is -2.82. The summed E-state index contributed by atoms with van der Waals surface area (Å²) in [6, 6.07) is 13.5. The molecule has 26 heavy (non-hydrogen) atoms. The van der Waals surface area contributed by atoms with Crippen molar-refractivity contribution in [2.24, 2.45) is 5.73 Å². The summed E-state index contributed by atoms with van der Waals surface area (Å²) >= 11 is 9.38. The average molecular weight is 435 g/mol. The van der Waals surface area contributed by atoms with Crippen LogP contribution in [0, 0.1) is 11.3 Å². The number of primary amides is 1. The first-order valence-electron chi connectivity index (χ1n) is 7.28. The van der Waals surface area contributed by atoms with E-state index in [4.69, 9.17) is 22.1 Å². The molecular formula is C18H13BrClN3O3. The minimum Gasteiger partial charge on any atom is -0.482 e. The minimum atomic E-state index is -0.624. The molecule has 0 aliphatic carbocycles. The van der Waals surface area contributed by atoms with E-state index < -0.39 is 11.8 Å².